The van der Waals surface area contributed by atoms with E-state index < -0.39 is 5.97 Å². The number of carbonyl (C=O) groups is 2. The zero-order valence-electron chi connectivity index (χ0n) is 12.1. The van der Waals surface area contributed by atoms with E-state index in [0.29, 0.717) is 18.8 Å². The van der Waals surface area contributed by atoms with Gasteiger partial charge in [-0.2, -0.15) is 0 Å². The molecule has 0 aliphatic carbocycles. The first-order valence-electron chi connectivity index (χ1n) is 6.93. The van der Waals surface area contributed by atoms with Gasteiger partial charge in [-0.15, -0.1) is 0 Å². The van der Waals surface area contributed by atoms with Crippen LogP contribution in [0.3, 0.4) is 0 Å². The van der Waals surface area contributed by atoms with Crippen LogP contribution in [0, 0.1) is 5.92 Å². The summed E-state index contributed by atoms with van der Waals surface area (Å²) in [6, 6.07) is 0.282. The summed E-state index contributed by atoms with van der Waals surface area (Å²) in [7, 11) is 0. The van der Waals surface area contributed by atoms with Crippen molar-refractivity contribution in [3.63, 3.8) is 0 Å². The van der Waals surface area contributed by atoms with Crippen LogP contribution in [-0.2, 0) is 9.59 Å². The first-order valence-corrected chi connectivity index (χ1v) is 6.93. The molecule has 0 aliphatic heterocycles. The Morgan fingerprint density at radius 1 is 1.11 bits per heavy atom. The number of carboxylic acid groups (broad SMARTS) is 1. The van der Waals surface area contributed by atoms with Crippen LogP contribution in [0.4, 0.5) is 0 Å². The number of hydrogen-bond acceptors (Lipinski definition) is 2. The van der Waals surface area contributed by atoms with E-state index in [1.54, 1.807) is 0 Å². The second-order valence-corrected chi connectivity index (χ2v) is 5.16. The number of nitrogens with zero attached hydrogens (tertiary/aromatic N) is 1. The van der Waals surface area contributed by atoms with Crippen molar-refractivity contribution in [1.29, 1.82) is 0 Å². The van der Waals surface area contributed by atoms with E-state index in [2.05, 4.69) is 27.7 Å². The predicted molar refractivity (Wildman–Crippen MR) is 72.4 cm³/mol. The Hall–Kier alpha value is -1.06. The molecule has 4 heteroatoms. The molecule has 4 nitrogen and oxygen atoms in total. The fraction of sp³-hybridized carbons (Fsp3) is 0.857. The van der Waals surface area contributed by atoms with E-state index in [0.717, 1.165) is 19.4 Å². The molecule has 0 aromatic carbocycles. The van der Waals surface area contributed by atoms with Crippen LogP contribution < -0.4 is 0 Å². The lowest BCUT2D eigenvalue weighted by Gasteiger charge is -2.32. The Morgan fingerprint density at radius 2 is 1.67 bits per heavy atom. The van der Waals surface area contributed by atoms with E-state index in [1.165, 1.54) is 0 Å². The van der Waals surface area contributed by atoms with Gasteiger partial charge in [0.05, 0.1) is 0 Å². The summed E-state index contributed by atoms with van der Waals surface area (Å²) in [6.45, 7) is 9.14. The summed E-state index contributed by atoms with van der Waals surface area (Å²) in [5.74, 6) is -0.298. The van der Waals surface area contributed by atoms with Gasteiger partial charge in [0.2, 0.25) is 5.91 Å². The number of carboxylic acids is 1. The topological polar surface area (TPSA) is 57.6 Å². The molecule has 0 spiro atoms. The maximum atomic E-state index is 12.2. The van der Waals surface area contributed by atoms with Crippen molar-refractivity contribution >= 4 is 11.9 Å². The van der Waals surface area contributed by atoms with E-state index in [1.807, 2.05) is 4.90 Å². The van der Waals surface area contributed by atoms with Crippen LogP contribution in [0.5, 0.6) is 0 Å². The Balaban J connectivity index is 4.43. The van der Waals surface area contributed by atoms with E-state index >= 15 is 0 Å². The maximum Gasteiger partial charge on any atom is 0.303 e. The fourth-order valence-corrected chi connectivity index (χ4v) is 2.11. The number of rotatable bonds is 9. The number of amides is 1. The van der Waals surface area contributed by atoms with Crippen molar-refractivity contribution < 1.29 is 14.7 Å². The van der Waals surface area contributed by atoms with Crippen LogP contribution in [0.15, 0.2) is 0 Å². The van der Waals surface area contributed by atoms with Gasteiger partial charge in [-0.3, -0.25) is 9.59 Å². The smallest absolute Gasteiger partial charge is 0.303 e. The monoisotopic (exact) mass is 257 g/mol. The molecule has 0 saturated heterocycles. The van der Waals surface area contributed by atoms with E-state index in [-0.39, 0.29) is 18.4 Å². The van der Waals surface area contributed by atoms with Crippen LogP contribution in [0.25, 0.3) is 0 Å². The molecular formula is C14H27NO3. The van der Waals surface area contributed by atoms with Crippen LogP contribution in [0.1, 0.15) is 59.8 Å². The van der Waals surface area contributed by atoms with Gasteiger partial charge in [0, 0.05) is 25.4 Å². The number of hydrogen-bond donors (Lipinski definition) is 1. The molecule has 0 aliphatic rings. The molecule has 0 unspecified atom stereocenters. The molecule has 0 bridgehead atoms. The highest BCUT2D eigenvalue weighted by atomic mass is 16.4. The Kier molecular flexibility index (Phi) is 8.42. The number of aliphatic carboxylic acids is 1. The third kappa shape index (κ3) is 6.62. The van der Waals surface area contributed by atoms with Gasteiger partial charge >= 0.3 is 5.97 Å². The summed E-state index contributed by atoms with van der Waals surface area (Å²) in [4.78, 5) is 24.5. The largest absolute Gasteiger partial charge is 0.481 e. The number of carbonyl (C=O) groups excluding carboxylic acids is 1. The van der Waals surface area contributed by atoms with Gasteiger partial charge in [-0.25, -0.2) is 0 Å². The molecule has 0 rings (SSSR count). The van der Waals surface area contributed by atoms with Crippen molar-refractivity contribution in [3.8, 4) is 0 Å². The van der Waals surface area contributed by atoms with Gasteiger partial charge in [0.1, 0.15) is 0 Å². The summed E-state index contributed by atoms with van der Waals surface area (Å²) < 4.78 is 0. The molecule has 1 N–H and O–H groups in total. The standard InChI is InChI=1S/C14H27NO3/c1-5-12(6-2)15(10-11(3)4)13(16)8-7-9-14(17)18/h11-12H,5-10H2,1-4H3,(H,17,18). The zero-order chi connectivity index (χ0) is 14.1. The van der Waals surface area contributed by atoms with E-state index in [4.69, 9.17) is 5.11 Å². The lowest BCUT2D eigenvalue weighted by Crippen LogP contribution is -2.42. The second kappa shape index (κ2) is 8.95. The molecule has 0 atom stereocenters. The van der Waals surface area contributed by atoms with Crippen molar-refractivity contribution in [3.05, 3.63) is 0 Å². The molecule has 18 heavy (non-hydrogen) atoms. The van der Waals surface area contributed by atoms with Crippen molar-refractivity contribution in [2.45, 2.75) is 65.8 Å². The zero-order valence-corrected chi connectivity index (χ0v) is 12.1. The average Bonchev–Trinajstić information content (AvgIpc) is 2.28. The Labute approximate surface area is 110 Å². The molecule has 106 valence electrons. The van der Waals surface area contributed by atoms with Gasteiger partial charge in [-0.1, -0.05) is 27.7 Å². The molecule has 0 saturated carbocycles. The maximum absolute atomic E-state index is 12.2. The Morgan fingerprint density at radius 3 is 2.06 bits per heavy atom. The molecular weight excluding hydrogens is 230 g/mol. The summed E-state index contributed by atoms with van der Waals surface area (Å²) >= 11 is 0. The normalized spacial score (nSPS) is 11.0. The van der Waals surface area contributed by atoms with Crippen molar-refractivity contribution in [1.82, 2.24) is 4.90 Å². The summed E-state index contributed by atoms with van der Waals surface area (Å²) in [5.41, 5.74) is 0. The summed E-state index contributed by atoms with van der Waals surface area (Å²) in [5, 5.41) is 8.59. The van der Waals surface area contributed by atoms with Gasteiger partial charge in [-0.05, 0) is 25.2 Å². The SMILES string of the molecule is CCC(CC)N(CC(C)C)C(=O)CCCC(=O)O. The quantitative estimate of drug-likeness (QED) is 0.691. The van der Waals surface area contributed by atoms with E-state index in [9.17, 15) is 9.59 Å². The van der Waals surface area contributed by atoms with Crippen molar-refractivity contribution in [2.75, 3.05) is 6.54 Å². The highest BCUT2D eigenvalue weighted by Crippen LogP contribution is 2.14. The minimum Gasteiger partial charge on any atom is -0.481 e. The highest BCUT2D eigenvalue weighted by molar-refractivity contribution is 5.77. The molecule has 0 aromatic rings. The average molecular weight is 257 g/mol. The predicted octanol–water partition coefficient (Wildman–Crippen LogP) is 2.91. The molecule has 0 aromatic heterocycles. The lowest BCUT2D eigenvalue weighted by atomic mass is 10.1. The van der Waals surface area contributed by atoms with Gasteiger partial charge < -0.3 is 10.0 Å². The second-order valence-electron chi connectivity index (χ2n) is 5.16. The summed E-state index contributed by atoms with van der Waals surface area (Å²) in [6.07, 6.45) is 2.75. The molecule has 1 amide bonds. The molecule has 0 fully saturated rings. The van der Waals surface area contributed by atoms with Gasteiger partial charge in [0.15, 0.2) is 0 Å². The van der Waals surface area contributed by atoms with Crippen molar-refractivity contribution in [2.24, 2.45) is 5.92 Å². The molecule has 0 radical (unpaired) electrons. The molecule has 0 heterocycles. The first-order chi connectivity index (χ1) is 8.42. The minimum absolute atomic E-state index is 0.0736. The highest BCUT2D eigenvalue weighted by Gasteiger charge is 2.21. The third-order valence-corrected chi connectivity index (χ3v) is 3.05. The third-order valence-electron chi connectivity index (χ3n) is 3.05. The lowest BCUT2D eigenvalue weighted by molar-refractivity contribution is -0.137. The van der Waals surface area contributed by atoms with Gasteiger partial charge in [0.25, 0.3) is 0 Å². The van der Waals surface area contributed by atoms with Crippen LogP contribution in [0.2, 0.25) is 0 Å². The Bertz CT molecular complexity index is 260. The minimum atomic E-state index is -0.833. The van der Waals surface area contributed by atoms with Crippen LogP contribution in [-0.4, -0.2) is 34.5 Å². The fourth-order valence-electron chi connectivity index (χ4n) is 2.11. The van der Waals surface area contributed by atoms with Crippen LogP contribution >= 0.6 is 0 Å². The first kappa shape index (κ1) is 16.9.